The van der Waals surface area contributed by atoms with Crippen molar-refractivity contribution in [2.24, 2.45) is 11.8 Å². The molecule has 1 fully saturated rings. The highest BCUT2D eigenvalue weighted by atomic mass is 16.5. The molecule has 2 unspecified atom stereocenters. The number of methoxy groups -OCH3 is 1. The minimum Gasteiger partial charge on any atom is -0.385 e. The highest BCUT2D eigenvalue weighted by Gasteiger charge is 2.31. The summed E-state index contributed by atoms with van der Waals surface area (Å²) >= 11 is 0. The second kappa shape index (κ2) is 11.3. The Balaban J connectivity index is 2.09. The first-order valence-corrected chi connectivity index (χ1v) is 8.81. The third kappa shape index (κ3) is 6.88. The molecule has 0 aromatic rings. The van der Waals surface area contributed by atoms with Crippen molar-refractivity contribution in [1.82, 2.24) is 0 Å². The van der Waals surface area contributed by atoms with E-state index in [9.17, 15) is 4.79 Å². The van der Waals surface area contributed by atoms with Gasteiger partial charge in [-0.25, -0.2) is 0 Å². The van der Waals surface area contributed by atoms with E-state index < -0.39 is 0 Å². The fourth-order valence-electron chi connectivity index (χ4n) is 3.52. The number of hydrogen-bond donors (Lipinski definition) is 0. The molecule has 20 heavy (non-hydrogen) atoms. The number of Topliss-reactive ketones (excluding diaryl/α,β-unsaturated/α-hetero) is 1. The highest BCUT2D eigenvalue weighted by molar-refractivity contribution is 5.81. The summed E-state index contributed by atoms with van der Waals surface area (Å²) in [5.74, 6) is 1.49. The molecule has 0 radical (unpaired) electrons. The van der Waals surface area contributed by atoms with Crippen LogP contribution in [0.5, 0.6) is 0 Å². The van der Waals surface area contributed by atoms with Gasteiger partial charge in [-0.1, -0.05) is 51.9 Å². The number of carbonyl (C=O) groups is 1. The smallest absolute Gasteiger partial charge is 0.136 e. The van der Waals surface area contributed by atoms with Crippen LogP contribution in [0.4, 0.5) is 0 Å². The lowest BCUT2D eigenvalue weighted by molar-refractivity contribution is -0.124. The summed E-state index contributed by atoms with van der Waals surface area (Å²) in [5, 5.41) is 0. The zero-order chi connectivity index (χ0) is 14.6. The van der Waals surface area contributed by atoms with Gasteiger partial charge in [-0.2, -0.15) is 0 Å². The molecule has 2 heteroatoms. The Kier molecular flexibility index (Phi) is 10.00. The van der Waals surface area contributed by atoms with E-state index in [0.717, 1.165) is 32.3 Å². The van der Waals surface area contributed by atoms with Gasteiger partial charge in [0.2, 0.25) is 0 Å². The Labute approximate surface area is 125 Å². The van der Waals surface area contributed by atoms with E-state index in [-0.39, 0.29) is 0 Å². The number of rotatable bonds is 12. The molecule has 0 saturated heterocycles. The number of carbonyl (C=O) groups excluding carboxylic acids is 1. The second-order valence-electron chi connectivity index (χ2n) is 6.42. The Morgan fingerprint density at radius 1 is 1.05 bits per heavy atom. The molecule has 0 heterocycles. The summed E-state index contributed by atoms with van der Waals surface area (Å²) in [7, 11) is 1.75. The van der Waals surface area contributed by atoms with Gasteiger partial charge in [-0.05, 0) is 31.6 Å². The molecule has 1 aliphatic rings. The standard InChI is InChI=1S/C18H34O2/c1-3-4-5-6-7-8-9-13-18(19)17-12-10-11-16(17)14-15-20-2/h16-17H,3-15H2,1-2H3. The first-order chi connectivity index (χ1) is 9.79. The minimum absolute atomic E-state index is 0.352. The van der Waals surface area contributed by atoms with Crippen LogP contribution in [-0.2, 0) is 9.53 Å². The Morgan fingerprint density at radius 3 is 2.45 bits per heavy atom. The van der Waals surface area contributed by atoms with E-state index in [0.29, 0.717) is 17.6 Å². The number of ether oxygens (including phenoxy) is 1. The second-order valence-corrected chi connectivity index (χ2v) is 6.42. The molecule has 0 N–H and O–H groups in total. The van der Waals surface area contributed by atoms with Crippen LogP contribution < -0.4 is 0 Å². The van der Waals surface area contributed by atoms with Crippen molar-refractivity contribution in [2.45, 2.75) is 84.0 Å². The lowest BCUT2D eigenvalue weighted by Gasteiger charge is -2.18. The molecule has 0 aromatic heterocycles. The number of hydrogen-bond acceptors (Lipinski definition) is 2. The third-order valence-electron chi connectivity index (χ3n) is 4.79. The maximum Gasteiger partial charge on any atom is 0.136 e. The Hall–Kier alpha value is -0.370. The summed E-state index contributed by atoms with van der Waals surface area (Å²) in [6, 6.07) is 0. The summed E-state index contributed by atoms with van der Waals surface area (Å²) in [6.45, 7) is 3.06. The molecule has 0 aromatic carbocycles. The van der Waals surface area contributed by atoms with Gasteiger partial charge in [0, 0.05) is 26.1 Å². The minimum atomic E-state index is 0.352. The Bertz CT molecular complexity index is 250. The lowest BCUT2D eigenvalue weighted by atomic mass is 9.87. The van der Waals surface area contributed by atoms with E-state index in [4.69, 9.17) is 4.74 Å². The molecule has 0 spiro atoms. The molecule has 1 rings (SSSR count). The van der Waals surface area contributed by atoms with Gasteiger partial charge >= 0.3 is 0 Å². The molecule has 1 saturated carbocycles. The van der Waals surface area contributed by atoms with Gasteiger partial charge in [0.05, 0.1) is 0 Å². The maximum absolute atomic E-state index is 12.3. The molecule has 2 atom stereocenters. The molecule has 0 bridgehead atoms. The summed E-state index contributed by atoms with van der Waals surface area (Å²) in [6.07, 6.45) is 14.5. The molecule has 1 aliphatic carbocycles. The summed E-state index contributed by atoms with van der Waals surface area (Å²) < 4.78 is 5.17. The largest absolute Gasteiger partial charge is 0.385 e. The summed E-state index contributed by atoms with van der Waals surface area (Å²) in [4.78, 5) is 12.3. The van der Waals surface area contributed by atoms with Crippen molar-refractivity contribution in [3.05, 3.63) is 0 Å². The van der Waals surface area contributed by atoms with Gasteiger partial charge in [-0.15, -0.1) is 0 Å². The van der Waals surface area contributed by atoms with Crippen molar-refractivity contribution < 1.29 is 9.53 Å². The van der Waals surface area contributed by atoms with E-state index in [1.54, 1.807) is 7.11 Å². The van der Waals surface area contributed by atoms with Gasteiger partial charge in [0.25, 0.3) is 0 Å². The molecular weight excluding hydrogens is 248 g/mol. The highest BCUT2D eigenvalue weighted by Crippen LogP contribution is 2.35. The van der Waals surface area contributed by atoms with Crippen molar-refractivity contribution in [3.8, 4) is 0 Å². The van der Waals surface area contributed by atoms with E-state index in [2.05, 4.69) is 6.92 Å². The van der Waals surface area contributed by atoms with E-state index in [1.807, 2.05) is 0 Å². The third-order valence-corrected chi connectivity index (χ3v) is 4.79. The quantitative estimate of drug-likeness (QED) is 0.463. The van der Waals surface area contributed by atoms with E-state index >= 15 is 0 Å². The van der Waals surface area contributed by atoms with Gasteiger partial charge in [0.1, 0.15) is 5.78 Å². The molecule has 118 valence electrons. The van der Waals surface area contributed by atoms with Crippen LogP contribution in [0.3, 0.4) is 0 Å². The number of ketones is 1. The maximum atomic E-state index is 12.3. The first-order valence-electron chi connectivity index (χ1n) is 8.81. The van der Waals surface area contributed by atoms with Crippen LogP contribution in [0.2, 0.25) is 0 Å². The molecule has 0 amide bonds. The molecular formula is C18H34O2. The topological polar surface area (TPSA) is 26.3 Å². The molecule has 0 aliphatic heterocycles. The zero-order valence-corrected chi connectivity index (χ0v) is 13.7. The first kappa shape index (κ1) is 17.7. The van der Waals surface area contributed by atoms with Gasteiger partial charge < -0.3 is 4.74 Å². The lowest BCUT2D eigenvalue weighted by Crippen LogP contribution is -2.20. The fraction of sp³-hybridized carbons (Fsp3) is 0.944. The van der Waals surface area contributed by atoms with Crippen LogP contribution in [0, 0.1) is 11.8 Å². The summed E-state index contributed by atoms with van der Waals surface area (Å²) in [5.41, 5.74) is 0. The molecule has 2 nitrogen and oxygen atoms in total. The average molecular weight is 282 g/mol. The predicted octanol–water partition coefficient (Wildman–Crippen LogP) is 5.15. The van der Waals surface area contributed by atoms with Crippen molar-refractivity contribution in [3.63, 3.8) is 0 Å². The average Bonchev–Trinajstić information content (AvgIpc) is 2.92. The van der Waals surface area contributed by atoms with Gasteiger partial charge in [0.15, 0.2) is 0 Å². The SMILES string of the molecule is CCCCCCCCCC(=O)C1CCCC1CCOC. The number of unbranched alkanes of at least 4 members (excludes halogenated alkanes) is 6. The van der Waals surface area contributed by atoms with Crippen molar-refractivity contribution in [1.29, 1.82) is 0 Å². The monoisotopic (exact) mass is 282 g/mol. The zero-order valence-electron chi connectivity index (χ0n) is 13.7. The van der Waals surface area contributed by atoms with Crippen LogP contribution in [0.25, 0.3) is 0 Å². The van der Waals surface area contributed by atoms with Crippen LogP contribution in [0.1, 0.15) is 84.0 Å². The van der Waals surface area contributed by atoms with Crippen molar-refractivity contribution >= 4 is 5.78 Å². The normalized spacial score (nSPS) is 22.3. The van der Waals surface area contributed by atoms with Crippen molar-refractivity contribution in [2.75, 3.05) is 13.7 Å². The fourth-order valence-corrected chi connectivity index (χ4v) is 3.52. The van der Waals surface area contributed by atoms with E-state index in [1.165, 1.54) is 51.4 Å². The van der Waals surface area contributed by atoms with Crippen LogP contribution in [0.15, 0.2) is 0 Å². The van der Waals surface area contributed by atoms with Gasteiger partial charge in [-0.3, -0.25) is 4.79 Å². The van der Waals surface area contributed by atoms with Crippen LogP contribution >= 0.6 is 0 Å². The predicted molar refractivity (Wildman–Crippen MR) is 84.9 cm³/mol. The van der Waals surface area contributed by atoms with Crippen LogP contribution in [-0.4, -0.2) is 19.5 Å². The Morgan fingerprint density at radius 2 is 1.75 bits per heavy atom.